The molecule has 1 unspecified atom stereocenters. The molecule has 1 atom stereocenters. The summed E-state index contributed by atoms with van der Waals surface area (Å²) in [6.45, 7) is 0.810. The van der Waals surface area contributed by atoms with Gasteiger partial charge in [-0.25, -0.2) is 0 Å². The van der Waals surface area contributed by atoms with Gasteiger partial charge in [-0.1, -0.05) is 18.0 Å². The molecule has 2 rings (SSSR count). The molecule has 0 aliphatic carbocycles. The summed E-state index contributed by atoms with van der Waals surface area (Å²) < 4.78 is 0. The second kappa shape index (κ2) is 6.78. The lowest BCUT2D eigenvalue weighted by Gasteiger charge is -2.32. The number of carbonyl (C=O) groups excluding carboxylic acids is 2. The van der Waals surface area contributed by atoms with E-state index >= 15 is 0 Å². The molecule has 1 fully saturated rings. The molecule has 0 bridgehead atoms. The topological polar surface area (TPSA) is 101 Å². The van der Waals surface area contributed by atoms with Crippen molar-refractivity contribution >= 4 is 34.8 Å². The van der Waals surface area contributed by atoms with E-state index in [0.717, 1.165) is 12.8 Å². The number of anilines is 2. The fourth-order valence-corrected chi connectivity index (χ4v) is 2.75. The smallest absolute Gasteiger partial charge is 0.238 e. The highest BCUT2D eigenvalue weighted by Crippen LogP contribution is 2.24. The second-order valence-electron chi connectivity index (χ2n) is 5.17. The lowest BCUT2D eigenvalue weighted by Crippen LogP contribution is -2.50. The van der Waals surface area contributed by atoms with E-state index < -0.39 is 0 Å². The Bertz CT molecular complexity index is 550. The molecule has 114 valence electrons. The summed E-state index contributed by atoms with van der Waals surface area (Å²) in [4.78, 5) is 25.3. The number of primary amides is 1. The number of carbonyl (C=O) groups is 2. The third-order valence-electron chi connectivity index (χ3n) is 3.56. The first-order chi connectivity index (χ1) is 9.97. The van der Waals surface area contributed by atoms with Crippen molar-refractivity contribution in [1.29, 1.82) is 0 Å². The molecule has 1 aromatic rings. The highest BCUT2D eigenvalue weighted by molar-refractivity contribution is 6.34. The Balaban J connectivity index is 1.98. The number of benzene rings is 1. The summed E-state index contributed by atoms with van der Waals surface area (Å²) in [5.41, 5.74) is 12.0. The lowest BCUT2D eigenvalue weighted by atomic mass is 10.0. The monoisotopic (exact) mass is 310 g/mol. The van der Waals surface area contributed by atoms with Crippen molar-refractivity contribution < 1.29 is 9.59 Å². The predicted molar refractivity (Wildman–Crippen MR) is 82.9 cm³/mol. The van der Waals surface area contributed by atoms with Gasteiger partial charge in [0.2, 0.25) is 11.8 Å². The van der Waals surface area contributed by atoms with Crippen LogP contribution in [0.3, 0.4) is 0 Å². The number of likely N-dealkylation sites (tertiary alicyclic amines) is 1. The van der Waals surface area contributed by atoms with Crippen LogP contribution in [0.5, 0.6) is 0 Å². The summed E-state index contributed by atoms with van der Waals surface area (Å²) >= 11 is 6.01. The fraction of sp³-hybridized carbons (Fsp3) is 0.429. The summed E-state index contributed by atoms with van der Waals surface area (Å²) in [5.74, 6) is -0.608. The van der Waals surface area contributed by atoms with Gasteiger partial charge >= 0.3 is 0 Å². The molecule has 7 heteroatoms. The number of nitrogens with two attached hydrogens (primary N) is 2. The second-order valence-corrected chi connectivity index (χ2v) is 5.58. The van der Waals surface area contributed by atoms with Crippen LogP contribution in [-0.4, -0.2) is 35.8 Å². The Hall–Kier alpha value is -1.79. The van der Waals surface area contributed by atoms with E-state index in [4.69, 9.17) is 23.1 Å². The zero-order valence-corrected chi connectivity index (χ0v) is 12.4. The van der Waals surface area contributed by atoms with Gasteiger partial charge in [-0.15, -0.1) is 0 Å². The minimum absolute atomic E-state index is 0.119. The van der Waals surface area contributed by atoms with Crippen LogP contribution in [0.4, 0.5) is 11.4 Å². The minimum atomic E-state index is -0.381. The van der Waals surface area contributed by atoms with Crippen molar-refractivity contribution in [1.82, 2.24) is 4.90 Å². The molecule has 1 heterocycles. The Morgan fingerprint density at radius 2 is 2.14 bits per heavy atom. The highest BCUT2D eigenvalue weighted by atomic mass is 35.5. The number of nitrogen functional groups attached to an aromatic ring is 1. The predicted octanol–water partition coefficient (Wildman–Crippen LogP) is 1.20. The molecule has 1 saturated heterocycles. The van der Waals surface area contributed by atoms with Gasteiger partial charge in [0.25, 0.3) is 0 Å². The van der Waals surface area contributed by atoms with Crippen LogP contribution in [-0.2, 0) is 9.59 Å². The van der Waals surface area contributed by atoms with Crippen LogP contribution in [0, 0.1) is 0 Å². The average molecular weight is 311 g/mol. The van der Waals surface area contributed by atoms with E-state index in [1.54, 1.807) is 18.2 Å². The molecule has 1 aromatic carbocycles. The zero-order valence-electron chi connectivity index (χ0n) is 11.6. The molecule has 6 nitrogen and oxygen atoms in total. The van der Waals surface area contributed by atoms with Crippen molar-refractivity contribution in [3.05, 3.63) is 23.2 Å². The van der Waals surface area contributed by atoms with Gasteiger partial charge in [-0.3, -0.25) is 14.5 Å². The van der Waals surface area contributed by atoms with E-state index in [1.165, 1.54) is 0 Å². The van der Waals surface area contributed by atoms with Crippen molar-refractivity contribution in [3.63, 3.8) is 0 Å². The molecule has 0 spiro atoms. The van der Waals surface area contributed by atoms with Gasteiger partial charge in [0.1, 0.15) is 0 Å². The number of nitrogens with one attached hydrogen (secondary N) is 1. The molecule has 0 aromatic heterocycles. The number of hydrogen-bond donors (Lipinski definition) is 3. The van der Waals surface area contributed by atoms with Gasteiger partial charge in [0, 0.05) is 5.69 Å². The Morgan fingerprint density at radius 3 is 2.81 bits per heavy atom. The molecule has 2 amide bonds. The van der Waals surface area contributed by atoms with Crippen molar-refractivity contribution in [2.24, 2.45) is 5.73 Å². The van der Waals surface area contributed by atoms with E-state index in [9.17, 15) is 9.59 Å². The first-order valence-corrected chi connectivity index (χ1v) is 7.23. The third kappa shape index (κ3) is 4.09. The molecule has 5 N–H and O–H groups in total. The van der Waals surface area contributed by atoms with Gasteiger partial charge in [-0.05, 0) is 37.6 Å². The van der Waals surface area contributed by atoms with Crippen LogP contribution < -0.4 is 16.8 Å². The molecule has 0 radical (unpaired) electrons. The van der Waals surface area contributed by atoms with Crippen LogP contribution in [0.25, 0.3) is 0 Å². The maximum atomic E-state index is 12.1. The number of rotatable bonds is 4. The highest BCUT2D eigenvalue weighted by Gasteiger charge is 2.28. The van der Waals surface area contributed by atoms with E-state index in [0.29, 0.717) is 29.4 Å². The van der Waals surface area contributed by atoms with Gasteiger partial charge < -0.3 is 16.8 Å². The summed E-state index contributed by atoms with van der Waals surface area (Å²) in [6.07, 6.45) is 2.61. The molecule has 1 aliphatic rings. The van der Waals surface area contributed by atoms with Crippen LogP contribution >= 0.6 is 11.6 Å². The maximum Gasteiger partial charge on any atom is 0.238 e. The van der Waals surface area contributed by atoms with Crippen LogP contribution in [0.2, 0.25) is 5.02 Å². The van der Waals surface area contributed by atoms with E-state index in [-0.39, 0.29) is 24.4 Å². The van der Waals surface area contributed by atoms with Crippen molar-refractivity contribution in [2.45, 2.75) is 25.3 Å². The number of nitrogens with zero attached hydrogens (tertiary/aromatic N) is 1. The van der Waals surface area contributed by atoms with Gasteiger partial charge in [0.15, 0.2) is 0 Å². The number of halogens is 1. The van der Waals surface area contributed by atoms with Crippen LogP contribution in [0.15, 0.2) is 18.2 Å². The first-order valence-electron chi connectivity index (χ1n) is 6.85. The lowest BCUT2D eigenvalue weighted by molar-refractivity contribution is -0.126. The van der Waals surface area contributed by atoms with Crippen LogP contribution in [0.1, 0.15) is 19.3 Å². The fourth-order valence-electron chi connectivity index (χ4n) is 2.51. The van der Waals surface area contributed by atoms with Gasteiger partial charge in [0.05, 0.1) is 23.3 Å². The van der Waals surface area contributed by atoms with Crippen molar-refractivity contribution in [3.8, 4) is 0 Å². The van der Waals surface area contributed by atoms with Crippen molar-refractivity contribution in [2.75, 3.05) is 24.1 Å². The number of hydrogen-bond acceptors (Lipinski definition) is 4. The van der Waals surface area contributed by atoms with Gasteiger partial charge in [-0.2, -0.15) is 0 Å². The molecular formula is C14H19ClN4O2. The Labute approximate surface area is 128 Å². The zero-order chi connectivity index (χ0) is 15.4. The first kappa shape index (κ1) is 15.6. The van der Waals surface area contributed by atoms with E-state index in [1.807, 2.05) is 4.90 Å². The minimum Gasteiger partial charge on any atom is -0.399 e. The number of amides is 2. The average Bonchev–Trinajstić information content (AvgIpc) is 2.42. The standard InChI is InChI=1S/C14H19ClN4O2/c15-10-7-9(16)4-5-11(10)18-13(20)8-19-6-2-1-3-12(19)14(17)21/h4-5,7,12H,1-3,6,8,16H2,(H2,17,21)(H,18,20). The molecule has 0 saturated carbocycles. The normalized spacial score (nSPS) is 19.2. The molecule has 1 aliphatic heterocycles. The SMILES string of the molecule is NC(=O)C1CCCCN1CC(=O)Nc1ccc(N)cc1Cl. The summed E-state index contributed by atoms with van der Waals surface area (Å²) in [7, 11) is 0. The number of piperidine rings is 1. The largest absolute Gasteiger partial charge is 0.399 e. The maximum absolute atomic E-state index is 12.1. The Kier molecular flexibility index (Phi) is 5.03. The molecular weight excluding hydrogens is 292 g/mol. The Morgan fingerprint density at radius 1 is 1.38 bits per heavy atom. The summed E-state index contributed by atoms with van der Waals surface area (Å²) in [5, 5.41) is 3.11. The third-order valence-corrected chi connectivity index (χ3v) is 3.87. The quantitative estimate of drug-likeness (QED) is 0.727. The van der Waals surface area contributed by atoms with E-state index in [2.05, 4.69) is 5.32 Å². The molecule has 21 heavy (non-hydrogen) atoms. The summed E-state index contributed by atoms with van der Waals surface area (Å²) in [6, 6.07) is 4.52.